The summed E-state index contributed by atoms with van der Waals surface area (Å²) in [7, 11) is 0. The quantitative estimate of drug-likeness (QED) is 0.490. The highest BCUT2D eigenvalue weighted by Gasteiger charge is 2.26. The van der Waals surface area contributed by atoms with Crippen molar-refractivity contribution in [1.29, 1.82) is 0 Å². The molecule has 2 heterocycles. The number of halogens is 1. The minimum atomic E-state index is -0.743. The highest BCUT2D eigenvalue weighted by atomic mass is 19.1. The molecule has 3 aromatic rings. The monoisotopic (exact) mass is 438 g/mol. The lowest BCUT2D eigenvalue weighted by Crippen LogP contribution is -2.39. The average Bonchev–Trinajstić information content (AvgIpc) is 3.48. The maximum absolute atomic E-state index is 14.3. The molecule has 168 valence electrons. The van der Waals surface area contributed by atoms with Gasteiger partial charge in [0.25, 0.3) is 0 Å². The Bertz CT molecular complexity index is 994. The van der Waals surface area contributed by atoms with Crippen LogP contribution in [-0.2, 0) is 22.7 Å². The zero-order valence-electron chi connectivity index (χ0n) is 17.8. The van der Waals surface area contributed by atoms with Gasteiger partial charge in [-0.3, -0.25) is 4.90 Å². The first kappa shape index (κ1) is 22.2. The summed E-state index contributed by atoms with van der Waals surface area (Å²) in [4.78, 5) is 7.64. The smallest absolute Gasteiger partial charge is 0.145 e. The molecule has 0 fully saturated rings. The standard InChI is InChI=1S/C25H27FN2O4/c26-24-11-5-4-9-20(24)14-28(15-21(29)17-30-18-22-10-6-12-31-22)16-23-13-25(27-32-23)19-7-2-1-3-8-19/h1-12,21,23,29H,13-18H2/t21-,23-/m1/s1. The normalized spacial score (nSPS) is 16.7. The molecule has 2 aromatic carbocycles. The number of aliphatic hydroxyl groups excluding tert-OH is 1. The Morgan fingerprint density at radius 1 is 1.09 bits per heavy atom. The highest BCUT2D eigenvalue weighted by molar-refractivity contribution is 6.01. The molecule has 1 aliphatic rings. The molecule has 6 nitrogen and oxygen atoms in total. The number of nitrogens with zero attached hydrogens (tertiary/aromatic N) is 2. The third-order valence-electron chi connectivity index (χ3n) is 5.26. The lowest BCUT2D eigenvalue weighted by Gasteiger charge is -2.27. The number of ether oxygens (including phenoxy) is 1. The van der Waals surface area contributed by atoms with Crippen LogP contribution in [0.15, 0.2) is 82.6 Å². The molecule has 7 heteroatoms. The molecular formula is C25H27FN2O4. The third-order valence-corrected chi connectivity index (χ3v) is 5.26. The summed E-state index contributed by atoms with van der Waals surface area (Å²) >= 11 is 0. The van der Waals surface area contributed by atoms with Crippen molar-refractivity contribution >= 4 is 5.71 Å². The predicted octanol–water partition coefficient (Wildman–Crippen LogP) is 3.99. The largest absolute Gasteiger partial charge is 0.467 e. The second-order valence-electron chi connectivity index (χ2n) is 7.87. The first-order chi connectivity index (χ1) is 15.7. The summed E-state index contributed by atoms with van der Waals surface area (Å²) in [5, 5.41) is 14.8. The van der Waals surface area contributed by atoms with Gasteiger partial charge in [0.15, 0.2) is 0 Å². The number of aliphatic hydroxyl groups is 1. The summed E-state index contributed by atoms with van der Waals surface area (Å²) in [6, 6.07) is 20.2. The van der Waals surface area contributed by atoms with Crippen molar-refractivity contribution in [2.45, 2.75) is 31.8 Å². The van der Waals surface area contributed by atoms with E-state index in [9.17, 15) is 9.50 Å². The molecule has 0 amide bonds. The molecule has 0 spiro atoms. The second kappa shape index (κ2) is 11.0. The van der Waals surface area contributed by atoms with E-state index >= 15 is 0 Å². The summed E-state index contributed by atoms with van der Waals surface area (Å²) in [6.45, 7) is 1.60. The Morgan fingerprint density at radius 3 is 2.69 bits per heavy atom. The lowest BCUT2D eigenvalue weighted by atomic mass is 10.0. The molecule has 0 saturated carbocycles. The van der Waals surface area contributed by atoms with Gasteiger partial charge < -0.3 is 19.1 Å². The molecule has 0 radical (unpaired) electrons. The van der Waals surface area contributed by atoms with Crippen LogP contribution in [0.1, 0.15) is 23.3 Å². The van der Waals surface area contributed by atoms with Crippen LogP contribution >= 0.6 is 0 Å². The fourth-order valence-corrected chi connectivity index (χ4v) is 3.73. The molecule has 2 atom stereocenters. The Balaban J connectivity index is 1.35. The SMILES string of the molecule is O[C@@H](COCc1ccco1)CN(Cc1ccccc1F)C[C@H]1CC(c2ccccc2)=NO1. The second-order valence-corrected chi connectivity index (χ2v) is 7.87. The van der Waals surface area contributed by atoms with Gasteiger partial charge >= 0.3 is 0 Å². The van der Waals surface area contributed by atoms with Crippen LogP contribution in [0.25, 0.3) is 0 Å². The molecule has 1 N–H and O–H groups in total. The summed E-state index contributed by atoms with van der Waals surface area (Å²) < 4.78 is 25.1. The van der Waals surface area contributed by atoms with Crippen LogP contribution in [0.5, 0.6) is 0 Å². The van der Waals surface area contributed by atoms with Crippen molar-refractivity contribution in [3.8, 4) is 0 Å². The molecule has 32 heavy (non-hydrogen) atoms. The van der Waals surface area contributed by atoms with Crippen molar-refractivity contribution in [3.05, 3.63) is 95.7 Å². The topological polar surface area (TPSA) is 67.4 Å². The molecule has 0 bridgehead atoms. The van der Waals surface area contributed by atoms with Crippen molar-refractivity contribution in [3.63, 3.8) is 0 Å². The van der Waals surface area contributed by atoms with Crippen molar-refractivity contribution in [2.24, 2.45) is 5.16 Å². The number of rotatable bonds is 11. The number of hydrogen-bond donors (Lipinski definition) is 1. The van der Waals surface area contributed by atoms with Gasteiger partial charge in [-0.15, -0.1) is 0 Å². The molecular weight excluding hydrogens is 411 g/mol. The zero-order chi connectivity index (χ0) is 22.2. The summed E-state index contributed by atoms with van der Waals surface area (Å²) in [5.41, 5.74) is 2.49. The van der Waals surface area contributed by atoms with E-state index in [0.29, 0.717) is 37.4 Å². The Labute approximate surface area is 186 Å². The van der Waals surface area contributed by atoms with Crippen molar-refractivity contribution in [2.75, 3.05) is 19.7 Å². The first-order valence-corrected chi connectivity index (χ1v) is 10.7. The fourth-order valence-electron chi connectivity index (χ4n) is 3.73. The van der Waals surface area contributed by atoms with Crippen LogP contribution in [0, 0.1) is 5.82 Å². The van der Waals surface area contributed by atoms with E-state index in [2.05, 4.69) is 5.16 Å². The van der Waals surface area contributed by atoms with Gasteiger partial charge in [-0.25, -0.2) is 4.39 Å². The Kier molecular flexibility index (Phi) is 7.66. The molecule has 0 unspecified atom stereocenters. The van der Waals surface area contributed by atoms with E-state index < -0.39 is 6.10 Å². The summed E-state index contributed by atoms with van der Waals surface area (Å²) in [6.07, 6.45) is 1.32. The van der Waals surface area contributed by atoms with Gasteiger partial charge in [0.05, 0.1) is 24.7 Å². The van der Waals surface area contributed by atoms with Gasteiger partial charge in [-0.2, -0.15) is 0 Å². The summed E-state index contributed by atoms with van der Waals surface area (Å²) in [5.74, 6) is 0.431. The third kappa shape index (κ3) is 6.26. The zero-order valence-corrected chi connectivity index (χ0v) is 17.8. The first-order valence-electron chi connectivity index (χ1n) is 10.7. The van der Waals surface area contributed by atoms with Gasteiger partial charge in [0.1, 0.15) is 24.3 Å². The van der Waals surface area contributed by atoms with E-state index in [-0.39, 0.29) is 25.1 Å². The molecule has 1 aromatic heterocycles. The minimum absolute atomic E-state index is 0.145. The Hall–Kier alpha value is -3.00. The van der Waals surface area contributed by atoms with Gasteiger partial charge in [0, 0.05) is 31.6 Å². The number of hydrogen-bond acceptors (Lipinski definition) is 6. The van der Waals surface area contributed by atoms with Gasteiger partial charge in [-0.05, 0) is 23.8 Å². The number of benzene rings is 2. The maximum Gasteiger partial charge on any atom is 0.145 e. The Morgan fingerprint density at radius 2 is 1.91 bits per heavy atom. The highest BCUT2D eigenvalue weighted by Crippen LogP contribution is 2.19. The van der Waals surface area contributed by atoms with Crippen molar-refractivity contribution < 1.29 is 23.5 Å². The minimum Gasteiger partial charge on any atom is -0.467 e. The predicted molar refractivity (Wildman–Crippen MR) is 119 cm³/mol. The van der Waals surface area contributed by atoms with Gasteiger partial charge in [-0.1, -0.05) is 53.7 Å². The van der Waals surface area contributed by atoms with Crippen LogP contribution in [-0.4, -0.2) is 47.6 Å². The molecule has 4 rings (SSSR count). The van der Waals surface area contributed by atoms with E-state index in [1.165, 1.54) is 6.07 Å². The average molecular weight is 438 g/mol. The molecule has 0 saturated heterocycles. The van der Waals surface area contributed by atoms with Crippen LogP contribution < -0.4 is 0 Å². The lowest BCUT2D eigenvalue weighted by molar-refractivity contribution is -0.00976. The van der Waals surface area contributed by atoms with Gasteiger partial charge in [0.2, 0.25) is 0 Å². The fraction of sp³-hybridized carbons (Fsp3) is 0.320. The van der Waals surface area contributed by atoms with Crippen LogP contribution in [0.2, 0.25) is 0 Å². The van der Waals surface area contributed by atoms with E-state index in [0.717, 1.165) is 11.3 Å². The van der Waals surface area contributed by atoms with Crippen molar-refractivity contribution in [1.82, 2.24) is 4.90 Å². The van der Waals surface area contributed by atoms with E-state index in [4.69, 9.17) is 14.0 Å². The van der Waals surface area contributed by atoms with Crippen LogP contribution in [0.4, 0.5) is 4.39 Å². The number of oxime groups is 1. The molecule has 1 aliphatic heterocycles. The van der Waals surface area contributed by atoms with E-state index in [1.807, 2.05) is 47.4 Å². The van der Waals surface area contributed by atoms with E-state index in [1.54, 1.807) is 24.5 Å². The molecule has 0 aliphatic carbocycles. The number of furan rings is 1. The maximum atomic E-state index is 14.3. The van der Waals surface area contributed by atoms with Crippen LogP contribution in [0.3, 0.4) is 0 Å².